The Hall–Kier alpha value is -1.72. The van der Waals surface area contributed by atoms with E-state index in [1.165, 1.54) is 0 Å². The van der Waals surface area contributed by atoms with Crippen LogP contribution in [-0.4, -0.2) is 40.8 Å². The average molecular weight is 266 g/mol. The molecule has 0 radical (unpaired) electrons. The number of rotatable bonds is 7. The Morgan fingerprint density at radius 1 is 1.11 bits per heavy atom. The van der Waals surface area contributed by atoms with Crippen LogP contribution in [0, 0.1) is 0 Å². The maximum Gasteiger partial charge on any atom is 0.325 e. The summed E-state index contributed by atoms with van der Waals surface area (Å²) in [4.78, 5) is 17.8. The molecule has 106 valence electrons. The van der Waals surface area contributed by atoms with E-state index in [1.54, 1.807) is 11.8 Å². The molecule has 0 aliphatic carbocycles. The second-order valence-corrected chi connectivity index (χ2v) is 4.03. The molecular weight excluding hydrogens is 244 g/mol. The van der Waals surface area contributed by atoms with Gasteiger partial charge in [-0.25, -0.2) is 4.98 Å². The van der Waals surface area contributed by atoms with Gasteiger partial charge in [0.05, 0.1) is 18.0 Å². The number of esters is 1. The van der Waals surface area contributed by atoms with Crippen LogP contribution >= 0.6 is 0 Å². The summed E-state index contributed by atoms with van der Waals surface area (Å²) in [6.45, 7) is 8.97. The van der Waals surface area contributed by atoms with E-state index in [0.717, 1.165) is 24.2 Å². The van der Waals surface area contributed by atoms with Gasteiger partial charge in [-0.15, -0.1) is 5.10 Å². The van der Waals surface area contributed by atoms with Crippen LogP contribution in [0.25, 0.3) is 0 Å². The van der Waals surface area contributed by atoms with E-state index in [1.807, 2.05) is 20.8 Å². The third-order valence-corrected chi connectivity index (χ3v) is 2.79. The lowest BCUT2D eigenvalue weighted by Gasteiger charge is -2.19. The van der Waals surface area contributed by atoms with Crippen molar-refractivity contribution in [1.82, 2.24) is 15.2 Å². The summed E-state index contributed by atoms with van der Waals surface area (Å²) in [6, 6.07) is 0. The van der Waals surface area contributed by atoms with Gasteiger partial charge in [-0.1, -0.05) is 13.8 Å². The van der Waals surface area contributed by atoms with Gasteiger partial charge < -0.3 is 9.64 Å². The number of anilines is 1. The fourth-order valence-electron chi connectivity index (χ4n) is 1.75. The molecule has 6 nitrogen and oxygen atoms in total. The highest BCUT2D eigenvalue weighted by molar-refractivity contribution is 5.74. The lowest BCUT2D eigenvalue weighted by Crippen LogP contribution is -2.32. The minimum atomic E-state index is -0.273. The van der Waals surface area contributed by atoms with Crippen LogP contribution in [0.5, 0.6) is 0 Å². The molecule has 6 heteroatoms. The smallest absolute Gasteiger partial charge is 0.325 e. The fourth-order valence-corrected chi connectivity index (χ4v) is 1.75. The Kier molecular flexibility index (Phi) is 6.18. The molecule has 0 aliphatic heterocycles. The molecule has 1 aromatic heterocycles. The number of carbonyl (C=O) groups excluding carboxylic acids is 1. The minimum Gasteiger partial charge on any atom is -0.465 e. The standard InChI is InChI=1S/C13H22N4O2/c1-5-10-11(6-2)15-16-13(14-10)17(7-3)9-12(18)19-8-4/h5-9H2,1-4H3. The molecule has 0 aliphatic rings. The zero-order chi connectivity index (χ0) is 14.3. The molecule has 0 unspecified atom stereocenters. The highest BCUT2D eigenvalue weighted by Gasteiger charge is 2.15. The van der Waals surface area contributed by atoms with E-state index in [-0.39, 0.29) is 12.5 Å². The van der Waals surface area contributed by atoms with Crippen LogP contribution in [0.2, 0.25) is 0 Å². The maximum atomic E-state index is 11.5. The molecule has 0 spiro atoms. The van der Waals surface area contributed by atoms with Crippen molar-refractivity contribution in [2.24, 2.45) is 0 Å². The minimum absolute atomic E-state index is 0.153. The molecule has 0 bridgehead atoms. The van der Waals surface area contributed by atoms with Crippen molar-refractivity contribution in [3.05, 3.63) is 11.4 Å². The molecule has 0 fully saturated rings. The van der Waals surface area contributed by atoms with Gasteiger partial charge in [0.25, 0.3) is 0 Å². The highest BCUT2D eigenvalue weighted by atomic mass is 16.5. The van der Waals surface area contributed by atoms with Gasteiger partial charge in [0.1, 0.15) is 6.54 Å². The Labute approximate surface area is 114 Å². The number of hydrogen-bond acceptors (Lipinski definition) is 6. The monoisotopic (exact) mass is 266 g/mol. The van der Waals surface area contributed by atoms with Gasteiger partial charge in [0.2, 0.25) is 5.95 Å². The molecule has 0 amide bonds. The Bertz CT molecular complexity index is 423. The van der Waals surface area contributed by atoms with Crippen molar-refractivity contribution in [2.45, 2.75) is 40.5 Å². The van der Waals surface area contributed by atoms with Crippen LogP contribution in [0.1, 0.15) is 39.1 Å². The van der Waals surface area contributed by atoms with E-state index < -0.39 is 0 Å². The van der Waals surface area contributed by atoms with E-state index in [4.69, 9.17) is 4.74 Å². The molecule has 19 heavy (non-hydrogen) atoms. The molecule has 0 saturated heterocycles. The molecule has 1 rings (SSSR count). The van der Waals surface area contributed by atoms with Gasteiger partial charge in [-0.05, 0) is 26.7 Å². The number of aromatic nitrogens is 3. The summed E-state index contributed by atoms with van der Waals surface area (Å²) < 4.78 is 4.94. The van der Waals surface area contributed by atoms with Crippen molar-refractivity contribution in [2.75, 3.05) is 24.6 Å². The van der Waals surface area contributed by atoms with Gasteiger partial charge in [-0.3, -0.25) is 4.79 Å². The first-order valence-electron chi connectivity index (χ1n) is 6.79. The summed E-state index contributed by atoms with van der Waals surface area (Å²) in [5.74, 6) is 0.218. The third-order valence-electron chi connectivity index (χ3n) is 2.79. The SMILES string of the molecule is CCOC(=O)CN(CC)c1nnc(CC)c(CC)n1. The Morgan fingerprint density at radius 2 is 1.79 bits per heavy atom. The van der Waals surface area contributed by atoms with E-state index in [9.17, 15) is 4.79 Å². The summed E-state index contributed by atoms with van der Waals surface area (Å²) >= 11 is 0. The van der Waals surface area contributed by atoms with Crippen molar-refractivity contribution in [3.63, 3.8) is 0 Å². The quantitative estimate of drug-likeness (QED) is 0.695. The molecule has 1 aromatic rings. The first-order valence-corrected chi connectivity index (χ1v) is 6.79. The topological polar surface area (TPSA) is 68.2 Å². The predicted molar refractivity (Wildman–Crippen MR) is 73.1 cm³/mol. The molecule has 0 atom stereocenters. The van der Waals surface area contributed by atoms with Gasteiger partial charge in [0.15, 0.2) is 0 Å². The lowest BCUT2D eigenvalue weighted by molar-refractivity contribution is -0.141. The lowest BCUT2D eigenvalue weighted by atomic mass is 10.2. The van der Waals surface area contributed by atoms with Crippen LogP contribution in [-0.2, 0) is 22.4 Å². The number of ether oxygens (including phenoxy) is 1. The summed E-state index contributed by atoms with van der Waals surface area (Å²) in [7, 11) is 0. The molecule has 0 N–H and O–H groups in total. The fraction of sp³-hybridized carbons (Fsp3) is 0.692. The Morgan fingerprint density at radius 3 is 2.32 bits per heavy atom. The maximum absolute atomic E-state index is 11.5. The molecule has 0 saturated carbocycles. The number of hydrogen-bond donors (Lipinski definition) is 0. The van der Waals surface area contributed by atoms with Crippen molar-refractivity contribution in [3.8, 4) is 0 Å². The first-order chi connectivity index (χ1) is 9.15. The molecule has 1 heterocycles. The van der Waals surface area contributed by atoms with Crippen LogP contribution in [0.4, 0.5) is 5.95 Å². The molecular formula is C13H22N4O2. The van der Waals surface area contributed by atoms with Crippen molar-refractivity contribution < 1.29 is 9.53 Å². The summed E-state index contributed by atoms with van der Waals surface area (Å²) in [5.41, 5.74) is 1.85. The number of carbonyl (C=O) groups is 1. The third kappa shape index (κ3) is 4.15. The second-order valence-electron chi connectivity index (χ2n) is 4.03. The first kappa shape index (κ1) is 15.3. The molecule has 0 aromatic carbocycles. The van der Waals surface area contributed by atoms with Gasteiger partial charge >= 0.3 is 5.97 Å². The predicted octanol–water partition coefficient (Wildman–Crippen LogP) is 1.39. The Balaban J connectivity index is 2.89. The second kappa shape index (κ2) is 7.66. The van der Waals surface area contributed by atoms with E-state index in [2.05, 4.69) is 15.2 Å². The summed E-state index contributed by atoms with van der Waals surface area (Å²) in [6.07, 6.45) is 1.62. The van der Waals surface area contributed by atoms with Gasteiger partial charge in [0, 0.05) is 6.54 Å². The summed E-state index contributed by atoms with van der Waals surface area (Å²) in [5, 5.41) is 8.28. The number of nitrogens with zero attached hydrogens (tertiary/aromatic N) is 4. The zero-order valence-electron chi connectivity index (χ0n) is 12.1. The number of aryl methyl sites for hydroxylation is 2. The van der Waals surface area contributed by atoms with Crippen molar-refractivity contribution >= 4 is 11.9 Å². The number of likely N-dealkylation sites (N-methyl/N-ethyl adjacent to an activating group) is 1. The van der Waals surface area contributed by atoms with E-state index >= 15 is 0 Å². The largest absolute Gasteiger partial charge is 0.465 e. The van der Waals surface area contributed by atoms with Crippen LogP contribution in [0.15, 0.2) is 0 Å². The highest BCUT2D eigenvalue weighted by Crippen LogP contribution is 2.10. The average Bonchev–Trinajstić information content (AvgIpc) is 2.44. The van der Waals surface area contributed by atoms with Crippen LogP contribution < -0.4 is 4.90 Å². The zero-order valence-corrected chi connectivity index (χ0v) is 12.1. The van der Waals surface area contributed by atoms with Crippen molar-refractivity contribution in [1.29, 1.82) is 0 Å². The van der Waals surface area contributed by atoms with Gasteiger partial charge in [-0.2, -0.15) is 5.10 Å². The normalized spacial score (nSPS) is 10.3. The van der Waals surface area contributed by atoms with Crippen LogP contribution in [0.3, 0.4) is 0 Å². The van der Waals surface area contributed by atoms with E-state index in [0.29, 0.717) is 19.1 Å².